The van der Waals surface area contributed by atoms with E-state index >= 15 is 17.6 Å². The van der Waals surface area contributed by atoms with Crippen LogP contribution in [-0.4, -0.2) is 178 Å². The van der Waals surface area contributed by atoms with Gasteiger partial charge in [-0.25, -0.2) is 55.0 Å². The van der Waals surface area contributed by atoms with E-state index in [1.165, 1.54) is 0 Å². The van der Waals surface area contributed by atoms with Crippen LogP contribution in [0.25, 0.3) is 0 Å². The zero-order valence-corrected chi connectivity index (χ0v) is 72.5. The van der Waals surface area contributed by atoms with Gasteiger partial charge < -0.3 is 77.9 Å². The summed E-state index contributed by atoms with van der Waals surface area (Å²) in [6, 6.07) is 20.2. The number of phosphoric acid groups is 4. The van der Waals surface area contributed by atoms with Crippen molar-refractivity contribution in [1.82, 2.24) is 38.2 Å². The molecule has 40 nitrogen and oxygen atoms in total. The summed E-state index contributed by atoms with van der Waals surface area (Å²) < 4.78 is 246. The molecule has 680 valence electrons. The molecule has 4 aromatic heterocycles. The van der Waals surface area contributed by atoms with E-state index < -0.39 is 177 Å². The van der Waals surface area contributed by atoms with E-state index in [1.807, 2.05) is 0 Å². The zero-order valence-electron chi connectivity index (χ0n) is 71.7. The van der Waals surface area contributed by atoms with E-state index in [0.717, 1.165) is 29.4 Å². The number of aromatic amines is 4. The first-order chi connectivity index (χ1) is 62.5. The zero-order chi connectivity index (χ0) is 98.5. The van der Waals surface area contributed by atoms with Gasteiger partial charge in [0.15, 0.2) is 24.9 Å². The Morgan fingerprint density at radius 2 is 0.656 bits per heavy atom. The molecule has 0 radical (unpaired) electrons. The summed E-state index contributed by atoms with van der Waals surface area (Å²) in [5.74, 6) is -4.80. The molecule has 8 aromatic rings. The minimum Gasteiger partial charge on any atom is -0.403 e. The second-order valence-electron chi connectivity index (χ2n) is 28.2. The molecule has 12 heterocycles. The second kappa shape index (κ2) is 37.4. The predicted molar refractivity (Wildman–Crippen MR) is 440 cm³/mol. The van der Waals surface area contributed by atoms with E-state index in [-0.39, 0.29) is 90.2 Å². The number of hydrogen-bond donors (Lipinski definition) is 12. The van der Waals surface area contributed by atoms with Crippen molar-refractivity contribution in [3.05, 3.63) is 225 Å². The van der Waals surface area contributed by atoms with Crippen molar-refractivity contribution in [2.45, 2.75) is 151 Å². The van der Waals surface area contributed by atoms with Crippen LogP contribution < -0.4 is 40.9 Å². The number of benzene rings is 4. The van der Waals surface area contributed by atoms with Crippen molar-refractivity contribution in [2.75, 3.05) is 26.3 Å². The lowest BCUT2D eigenvalue weighted by Gasteiger charge is -2.29. The number of fused-ring (bicyclic) bond motifs is 4. The second-order valence-corrected chi connectivity index (χ2v) is 36.0. The summed E-state index contributed by atoms with van der Waals surface area (Å²) in [4.78, 5) is 58.0. The molecule has 20 atom stereocenters. The third kappa shape index (κ3) is 19.5. The van der Waals surface area contributed by atoms with Crippen LogP contribution in [0.15, 0.2) is 117 Å². The van der Waals surface area contributed by atoms with Gasteiger partial charge in [0.25, 0.3) is 23.4 Å². The number of nitrogens with zero attached hydrogens (tertiary/aromatic N) is 4. The monoisotopic (exact) mass is 1940 g/mol. The van der Waals surface area contributed by atoms with Crippen molar-refractivity contribution < 1.29 is 158 Å². The lowest BCUT2D eigenvalue weighted by molar-refractivity contribution is -0.205. The van der Waals surface area contributed by atoms with Gasteiger partial charge in [0.05, 0.1) is 56.9 Å². The van der Waals surface area contributed by atoms with Crippen LogP contribution >= 0.6 is 80.2 Å². The van der Waals surface area contributed by atoms with Gasteiger partial charge in [-0.1, -0.05) is 145 Å². The van der Waals surface area contributed by atoms with Crippen LogP contribution in [0.5, 0.6) is 23.0 Å². The molecule has 8 aliphatic rings. The fourth-order valence-corrected chi connectivity index (χ4v) is 18.4. The fraction of sp³-hybridized carbons (Fsp3) is 0.368. The Morgan fingerprint density at radius 1 is 0.414 bits per heavy atom. The number of H-pyrrole nitrogens is 4. The number of aryl methyl sites for hydroxylation is 4. The Morgan fingerprint density at radius 3 is 0.969 bits per heavy atom. The van der Waals surface area contributed by atoms with E-state index in [9.17, 15) is 78.3 Å². The number of alkyl halides is 4. The highest BCUT2D eigenvalue weighted by atomic mass is 32.1. The molecule has 12 N–H and O–H groups in total. The first kappa shape index (κ1) is 87.9. The van der Waals surface area contributed by atoms with Crippen LogP contribution in [0.4, 0.5) is 17.6 Å². The highest BCUT2D eigenvalue weighted by molar-refractivity contribution is 7.72. The topological polar surface area (TPSA) is 529 Å². The average molecular weight is 1940 g/mol. The highest BCUT2D eigenvalue weighted by Gasteiger charge is 2.62. The van der Waals surface area contributed by atoms with Gasteiger partial charge in [0.2, 0.25) is 0 Å². The molecule has 4 unspecified atom stereocenters. The van der Waals surface area contributed by atoms with Crippen LogP contribution in [0, 0.1) is 95.6 Å². The van der Waals surface area contributed by atoms with Gasteiger partial charge in [0.1, 0.15) is 117 Å². The number of halogens is 4. The van der Waals surface area contributed by atoms with Crippen molar-refractivity contribution >= 4 is 80.2 Å². The summed E-state index contributed by atoms with van der Waals surface area (Å²) in [6.45, 7) is -4.10. The maximum Gasteiger partial charge on any atom is 0.530 e. The van der Waals surface area contributed by atoms with Gasteiger partial charge in [-0.2, -0.15) is 0 Å². The highest BCUT2D eigenvalue weighted by Crippen LogP contribution is 2.61. The molecule has 0 aliphatic carbocycles. The molecule has 4 saturated heterocycles. The molecule has 0 saturated carbocycles. The SMILES string of the molecule is C#Cc1cn([C@@H]2O[C@](F)(COP3(=O)OCc4cccc(C)c4O3)[C@@H](O)[C@H]2O)c(=O)[nH]c1=S.[2H]C([2H])(OP1(=O)OCc2cccc(C)c2O1)[C@@]1(F)O[C@@H](n2cc(C#C)c(=S)[nH]c2=O)[C@H](O)[C@@H]1O.[2H]C([2H])(OP1(=O)OCc2cccc(C)c2O1)[C@@]1(F)O[C@@]([2H])(n2cc(C#C)c(=S)[nH]c2=O)[C@H](O)[C@@H]1O.[2H][C@@]1(n2cc(C#C)c(=S)[nH]c2=O)O[C@](F)(COP2(=O)OCc3cccc(C)c3O2)[C@@H](O)[C@H]1O. The van der Waals surface area contributed by atoms with E-state index in [4.69, 9.17) is 156 Å². The van der Waals surface area contributed by atoms with Gasteiger partial charge >= 0.3 is 54.0 Å². The summed E-state index contributed by atoms with van der Waals surface area (Å²) in [7, 11) is -18.2. The Bertz CT molecular complexity index is 7000. The van der Waals surface area contributed by atoms with Gasteiger partial charge in [-0.05, 0) is 49.9 Å². The molecule has 0 bridgehead atoms. The van der Waals surface area contributed by atoms with E-state index in [2.05, 4.69) is 43.6 Å². The smallest absolute Gasteiger partial charge is 0.403 e. The number of ether oxygens (including phenoxy) is 4. The molecule has 16 rings (SSSR count). The summed E-state index contributed by atoms with van der Waals surface area (Å²) in [6.07, 6.45) is -3.57. The van der Waals surface area contributed by atoms with E-state index in [1.54, 1.807) is 100 Å². The number of nitrogens with one attached hydrogen (secondary N) is 4. The number of aliphatic hydroxyl groups is 8. The number of phosphoric ester groups is 4. The molecule has 128 heavy (non-hydrogen) atoms. The molecule has 52 heteroatoms. The molecular weight excluding hydrogens is 1870 g/mol. The fourth-order valence-electron chi connectivity index (χ4n) is 12.7. The largest absolute Gasteiger partial charge is 0.530 e. The van der Waals surface area contributed by atoms with Crippen molar-refractivity contribution in [2.24, 2.45) is 0 Å². The molecule has 4 aromatic carbocycles. The molecule has 8 aliphatic heterocycles. The van der Waals surface area contributed by atoms with Crippen LogP contribution in [0.3, 0.4) is 0 Å². The molecular formula is C76H72F4N8O32P4S4. The average Bonchev–Trinajstić information content (AvgIpc) is 1.56. The molecule has 0 amide bonds. The first-order valence-electron chi connectivity index (χ1n) is 39.6. The van der Waals surface area contributed by atoms with Crippen LogP contribution in [0.1, 0.15) is 99.8 Å². The minimum atomic E-state index is -4.84. The third-order valence-corrected chi connectivity index (χ3v) is 25.7. The number of terminal acetylenes is 4. The van der Waals surface area contributed by atoms with Crippen LogP contribution in [-0.2, 0) is 99.8 Å². The summed E-state index contributed by atoms with van der Waals surface area (Å²) in [5.41, 5.74) is 0.371. The maximum absolute atomic E-state index is 15.9. The number of hydrogen-bond acceptors (Lipinski definition) is 36. The molecule has 0 spiro atoms. The number of aliphatic hydroxyl groups excluding tert-OH is 8. The quantitative estimate of drug-likeness (QED) is 0.0194. The predicted octanol–water partition coefficient (Wildman–Crippen LogP) is 7.38. The lowest BCUT2D eigenvalue weighted by Crippen LogP contribution is -2.43. The summed E-state index contributed by atoms with van der Waals surface area (Å²) in [5, 5.41) is 82.8. The molecule has 4 fully saturated rings. The Hall–Kier alpha value is -9.44. The Balaban J connectivity index is 0.000000152. The van der Waals surface area contributed by atoms with Crippen molar-refractivity contribution in [3.8, 4) is 72.4 Å². The normalized spacial score (nSPS) is 33.6. The number of para-hydroxylation sites is 4. The Labute approximate surface area is 747 Å². The van der Waals surface area contributed by atoms with Gasteiger partial charge in [0, 0.05) is 47.0 Å². The van der Waals surface area contributed by atoms with Gasteiger partial charge in [-0.15, -0.1) is 25.7 Å². The first-order valence-corrected chi connectivity index (χ1v) is 44.0. The maximum atomic E-state index is 15.9. The number of aromatic nitrogens is 8. The van der Waals surface area contributed by atoms with E-state index in [0.29, 0.717) is 58.2 Å². The summed E-state index contributed by atoms with van der Waals surface area (Å²) >= 11 is 19.6. The van der Waals surface area contributed by atoms with Gasteiger partial charge in [-0.3, -0.25) is 74.4 Å². The van der Waals surface area contributed by atoms with Crippen molar-refractivity contribution in [3.63, 3.8) is 0 Å². The number of rotatable bonds is 16. The lowest BCUT2D eigenvalue weighted by atomic mass is 10.1. The van der Waals surface area contributed by atoms with Crippen molar-refractivity contribution in [1.29, 1.82) is 0 Å². The Kier molecular flexibility index (Phi) is 25.7. The minimum absolute atomic E-state index is 0.0158. The third-order valence-electron chi connectivity index (χ3n) is 19.5. The van der Waals surface area contributed by atoms with Crippen LogP contribution in [0.2, 0.25) is 0 Å². The standard InChI is InChI=1S/4C19H18FN2O8PS/c4*1-3-11-7-22(18(25)21-16(11)32)17-13(23)15(24)19(20,29-17)9-28-31(26)27-8-12-6-4-5-10(2)14(12)30-31/h4*1,4-7,13,15,17,23-24H,8-9H2,2H3,(H,21,25,32)/t4*13-,15+,17-,19-,31?/m1111/s1/i9D2,17D;17D;9D2;.